The third-order valence-corrected chi connectivity index (χ3v) is 7.56. The molecule has 0 saturated carbocycles. The van der Waals surface area contributed by atoms with Crippen LogP contribution in [0.25, 0.3) is 27.7 Å². The number of phenolic OH excluding ortho intramolecular Hbond substituents is 1. The van der Waals surface area contributed by atoms with E-state index >= 15 is 0 Å². The average Bonchev–Trinajstić information content (AvgIpc) is 3.42. The molecule has 1 aliphatic rings. The van der Waals surface area contributed by atoms with E-state index in [2.05, 4.69) is 22.3 Å². The minimum absolute atomic E-state index is 0.264. The normalized spacial score (nSPS) is 15.0. The van der Waals surface area contributed by atoms with Gasteiger partial charge in [0, 0.05) is 17.7 Å². The molecule has 0 aliphatic carbocycles. The molecule has 0 bridgehead atoms. The molecule has 0 atom stereocenters. The number of unbranched alkanes of at least 4 members (excludes halogenated alkanes) is 3. The highest BCUT2D eigenvalue weighted by atomic mass is 16.5. The van der Waals surface area contributed by atoms with Crippen LogP contribution in [0.5, 0.6) is 11.5 Å². The van der Waals surface area contributed by atoms with Gasteiger partial charge in [0.05, 0.1) is 23.2 Å². The van der Waals surface area contributed by atoms with Crippen LogP contribution in [0.3, 0.4) is 0 Å². The fraction of sp³-hybridized carbons (Fsp3) is 0.467. The first-order valence-corrected chi connectivity index (χ1v) is 13.4. The number of phenols is 1. The van der Waals surface area contributed by atoms with Gasteiger partial charge in [-0.05, 0) is 93.2 Å². The van der Waals surface area contributed by atoms with Gasteiger partial charge in [0.2, 0.25) is 0 Å². The van der Waals surface area contributed by atoms with E-state index in [4.69, 9.17) is 4.74 Å². The Morgan fingerprint density at radius 1 is 0.857 bits per heavy atom. The molecular formula is C30H38N2O3. The molecule has 0 amide bonds. The van der Waals surface area contributed by atoms with E-state index in [0.717, 1.165) is 47.1 Å². The van der Waals surface area contributed by atoms with E-state index < -0.39 is 0 Å². The third kappa shape index (κ3) is 4.98. The van der Waals surface area contributed by atoms with Crippen LogP contribution >= 0.6 is 0 Å². The van der Waals surface area contributed by atoms with Crippen LogP contribution < -0.4 is 0 Å². The molecule has 0 unspecified atom stereocenters. The Morgan fingerprint density at radius 2 is 1.63 bits per heavy atom. The zero-order chi connectivity index (χ0) is 24.2. The number of hydrogen-bond acceptors (Lipinski definition) is 4. The number of likely N-dealkylation sites (tertiary alicyclic amines) is 1. The summed E-state index contributed by atoms with van der Waals surface area (Å²) in [6, 6.07) is 13.3. The molecule has 1 aromatic carbocycles. The molecule has 0 spiro atoms. The van der Waals surface area contributed by atoms with Crippen LogP contribution in [0.1, 0.15) is 63.0 Å². The van der Waals surface area contributed by atoms with Gasteiger partial charge in [0.15, 0.2) is 0 Å². The highest BCUT2D eigenvalue weighted by Crippen LogP contribution is 2.42. The lowest BCUT2D eigenvalue weighted by molar-refractivity contribution is 0.117. The molecule has 35 heavy (non-hydrogen) atoms. The molecule has 5 nitrogen and oxygen atoms in total. The zero-order valence-corrected chi connectivity index (χ0v) is 20.9. The second-order valence-corrected chi connectivity index (χ2v) is 9.97. The number of hydrogen-bond donors (Lipinski definition) is 2. The largest absolute Gasteiger partial charge is 0.508 e. The first-order valence-electron chi connectivity index (χ1n) is 13.4. The van der Waals surface area contributed by atoms with Gasteiger partial charge in [0.25, 0.3) is 0 Å². The predicted molar refractivity (Wildman–Crippen MR) is 143 cm³/mol. The smallest absolute Gasteiger partial charge is 0.139 e. The number of ether oxygens (including phenoxy) is 1. The van der Waals surface area contributed by atoms with Crippen LogP contribution in [0.2, 0.25) is 0 Å². The Morgan fingerprint density at radius 3 is 2.40 bits per heavy atom. The minimum atomic E-state index is 0.264. The summed E-state index contributed by atoms with van der Waals surface area (Å²) >= 11 is 0. The monoisotopic (exact) mass is 474 g/mol. The van der Waals surface area contributed by atoms with Crippen molar-refractivity contribution in [3.63, 3.8) is 0 Å². The van der Waals surface area contributed by atoms with Crippen molar-refractivity contribution in [3.8, 4) is 22.6 Å². The van der Waals surface area contributed by atoms with Crippen molar-refractivity contribution in [2.75, 3.05) is 26.2 Å². The van der Waals surface area contributed by atoms with Crippen LogP contribution in [0.15, 0.2) is 42.5 Å². The second-order valence-electron chi connectivity index (χ2n) is 9.97. The van der Waals surface area contributed by atoms with E-state index in [1.165, 1.54) is 69.3 Å². The SMILES string of the molecule is CCc1c(-c2ccc(O)cc2)c2c(COCCCCCCN3CCCCC3)cc3c(O)ccc1n32. The van der Waals surface area contributed by atoms with E-state index in [1.807, 2.05) is 18.2 Å². The third-order valence-electron chi connectivity index (χ3n) is 7.56. The summed E-state index contributed by atoms with van der Waals surface area (Å²) in [5.74, 6) is 0.553. The lowest BCUT2D eigenvalue weighted by atomic mass is 9.98. The van der Waals surface area contributed by atoms with Gasteiger partial charge >= 0.3 is 0 Å². The number of aromatic nitrogens is 1. The summed E-state index contributed by atoms with van der Waals surface area (Å²) in [7, 11) is 0. The number of pyridine rings is 1. The summed E-state index contributed by atoms with van der Waals surface area (Å²) < 4.78 is 8.33. The summed E-state index contributed by atoms with van der Waals surface area (Å²) in [5.41, 5.74) is 7.66. The molecule has 0 radical (unpaired) electrons. The van der Waals surface area contributed by atoms with Crippen molar-refractivity contribution in [2.45, 2.75) is 64.9 Å². The van der Waals surface area contributed by atoms with Gasteiger partial charge in [-0.25, -0.2) is 0 Å². The molecule has 4 heterocycles. The van der Waals surface area contributed by atoms with E-state index in [-0.39, 0.29) is 11.5 Å². The Labute approximate surface area is 208 Å². The Hall–Kier alpha value is -2.76. The molecule has 1 aliphatic heterocycles. The number of nitrogens with zero attached hydrogens (tertiary/aromatic N) is 2. The fourth-order valence-electron chi connectivity index (χ4n) is 5.76. The minimum Gasteiger partial charge on any atom is -0.508 e. The molecule has 5 rings (SSSR count). The summed E-state index contributed by atoms with van der Waals surface area (Å²) in [6.07, 6.45) is 9.88. The first-order chi connectivity index (χ1) is 17.2. The molecule has 5 heteroatoms. The molecule has 2 N–H and O–H groups in total. The quantitative estimate of drug-likeness (QED) is 0.237. The number of aryl methyl sites for hydroxylation is 1. The maximum absolute atomic E-state index is 10.6. The second kappa shape index (κ2) is 10.9. The predicted octanol–water partition coefficient (Wildman–Crippen LogP) is 6.73. The van der Waals surface area contributed by atoms with E-state index in [0.29, 0.717) is 6.61 Å². The van der Waals surface area contributed by atoms with Gasteiger partial charge < -0.3 is 24.3 Å². The van der Waals surface area contributed by atoms with E-state index in [9.17, 15) is 10.2 Å². The number of rotatable bonds is 11. The molecule has 1 saturated heterocycles. The van der Waals surface area contributed by atoms with Gasteiger partial charge in [-0.15, -0.1) is 0 Å². The Balaban J connectivity index is 1.27. The summed E-state index contributed by atoms with van der Waals surface area (Å²) in [4.78, 5) is 2.62. The van der Waals surface area contributed by atoms with E-state index in [1.54, 1.807) is 18.2 Å². The molecular weight excluding hydrogens is 436 g/mol. The van der Waals surface area contributed by atoms with Crippen molar-refractivity contribution < 1.29 is 14.9 Å². The van der Waals surface area contributed by atoms with Crippen molar-refractivity contribution in [2.24, 2.45) is 0 Å². The Kier molecular flexibility index (Phi) is 7.45. The number of aromatic hydroxyl groups is 2. The van der Waals surface area contributed by atoms with Gasteiger partial charge in [0.1, 0.15) is 11.5 Å². The average molecular weight is 475 g/mol. The van der Waals surface area contributed by atoms with Crippen LogP contribution in [-0.4, -0.2) is 45.8 Å². The molecule has 1 fully saturated rings. The molecule has 3 aromatic heterocycles. The standard InChI is InChI=1S/C30H38N2O3/c1-2-25-26-14-15-28(34)27-20-23(30(32(26)27)29(25)22-10-12-24(33)13-11-22)21-35-19-9-4-3-6-16-31-17-7-5-8-18-31/h10-15,20,33-34H,2-9,16-19,21H2,1H3. The molecule has 4 aromatic rings. The van der Waals surface area contributed by atoms with Gasteiger partial charge in [-0.3, -0.25) is 0 Å². The maximum Gasteiger partial charge on any atom is 0.139 e. The van der Waals surface area contributed by atoms with Crippen molar-refractivity contribution in [3.05, 3.63) is 53.6 Å². The lowest BCUT2D eigenvalue weighted by Gasteiger charge is -2.26. The van der Waals surface area contributed by atoms with Crippen LogP contribution in [0, 0.1) is 0 Å². The zero-order valence-electron chi connectivity index (χ0n) is 20.9. The van der Waals surface area contributed by atoms with Gasteiger partial charge in [-0.2, -0.15) is 0 Å². The van der Waals surface area contributed by atoms with Crippen LogP contribution in [-0.2, 0) is 17.8 Å². The lowest BCUT2D eigenvalue weighted by Crippen LogP contribution is -2.30. The Bertz CT molecular complexity index is 1240. The number of benzene rings is 1. The highest BCUT2D eigenvalue weighted by molar-refractivity contribution is 5.98. The van der Waals surface area contributed by atoms with Crippen molar-refractivity contribution >= 4 is 16.6 Å². The van der Waals surface area contributed by atoms with Gasteiger partial charge in [-0.1, -0.05) is 38.3 Å². The first kappa shape index (κ1) is 24.0. The fourth-order valence-corrected chi connectivity index (χ4v) is 5.76. The maximum atomic E-state index is 10.6. The van der Waals surface area contributed by atoms with Crippen molar-refractivity contribution in [1.29, 1.82) is 0 Å². The molecule has 186 valence electrons. The summed E-state index contributed by atoms with van der Waals surface area (Å²) in [6.45, 7) is 7.28. The highest BCUT2D eigenvalue weighted by Gasteiger charge is 2.23. The summed E-state index contributed by atoms with van der Waals surface area (Å²) in [5, 5.41) is 20.4. The topological polar surface area (TPSA) is 57.3 Å². The van der Waals surface area contributed by atoms with Crippen molar-refractivity contribution in [1.82, 2.24) is 9.30 Å². The number of piperidine rings is 1. The van der Waals surface area contributed by atoms with Crippen LogP contribution in [0.4, 0.5) is 0 Å².